The first-order chi connectivity index (χ1) is 8.49. The van der Waals surface area contributed by atoms with Crippen molar-refractivity contribution in [2.24, 2.45) is 0 Å². The topological polar surface area (TPSA) is 0 Å². The first-order valence-electron chi connectivity index (χ1n) is 5.03. The van der Waals surface area contributed by atoms with Crippen LogP contribution < -0.4 is 0 Å². The van der Waals surface area contributed by atoms with Crippen LogP contribution in [-0.2, 0) is 0 Å². The van der Waals surface area contributed by atoms with E-state index in [0.29, 0.717) is 10.6 Å². The number of halogens is 5. The van der Waals surface area contributed by atoms with Gasteiger partial charge in [-0.05, 0) is 41.5 Å². The zero-order valence-corrected chi connectivity index (χ0v) is 12.9. The van der Waals surface area contributed by atoms with E-state index in [1.807, 2.05) is 6.07 Å². The maximum atomic E-state index is 13.2. The van der Waals surface area contributed by atoms with Gasteiger partial charge in [-0.1, -0.05) is 49.5 Å². The van der Waals surface area contributed by atoms with Crippen molar-refractivity contribution < 1.29 is 8.78 Å². The molecule has 0 aliphatic carbocycles. The molecule has 2 aromatic rings. The molecule has 2 aromatic carbocycles. The Labute approximate surface area is 125 Å². The third kappa shape index (κ3) is 2.92. The SMILES string of the molecule is Fc1ccc(C(Br)c2cc(Cl)ccc2Br)cc1F. The molecule has 0 saturated heterocycles. The zero-order chi connectivity index (χ0) is 13.3. The number of benzene rings is 2. The summed E-state index contributed by atoms with van der Waals surface area (Å²) in [6, 6.07) is 9.14. The Morgan fingerprint density at radius 1 is 1.00 bits per heavy atom. The molecule has 5 heteroatoms. The van der Waals surface area contributed by atoms with E-state index in [9.17, 15) is 8.78 Å². The molecule has 0 aliphatic heterocycles. The van der Waals surface area contributed by atoms with Crippen molar-refractivity contribution in [3.8, 4) is 0 Å². The van der Waals surface area contributed by atoms with E-state index in [4.69, 9.17) is 11.6 Å². The Bertz CT molecular complexity index is 587. The summed E-state index contributed by atoms with van der Waals surface area (Å²) in [6.07, 6.45) is 0. The molecule has 0 radical (unpaired) electrons. The molecule has 1 unspecified atom stereocenters. The molecule has 2 rings (SSSR count). The van der Waals surface area contributed by atoms with Crippen LogP contribution in [0.5, 0.6) is 0 Å². The van der Waals surface area contributed by atoms with Gasteiger partial charge >= 0.3 is 0 Å². The van der Waals surface area contributed by atoms with E-state index >= 15 is 0 Å². The second kappa shape index (κ2) is 5.68. The zero-order valence-electron chi connectivity index (χ0n) is 8.93. The smallest absolute Gasteiger partial charge is 0.159 e. The van der Waals surface area contributed by atoms with Crippen molar-refractivity contribution in [3.05, 3.63) is 68.7 Å². The Hall–Kier alpha value is -0.450. The average Bonchev–Trinajstić information content (AvgIpc) is 2.35. The molecule has 0 N–H and O–H groups in total. The van der Waals surface area contributed by atoms with Crippen LogP contribution in [0.2, 0.25) is 5.02 Å². The largest absolute Gasteiger partial charge is 0.204 e. The van der Waals surface area contributed by atoms with Crippen LogP contribution in [0.3, 0.4) is 0 Å². The van der Waals surface area contributed by atoms with Crippen molar-refractivity contribution in [3.63, 3.8) is 0 Å². The summed E-state index contributed by atoms with van der Waals surface area (Å²) in [5.41, 5.74) is 1.48. The van der Waals surface area contributed by atoms with Gasteiger partial charge in [-0.3, -0.25) is 0 Å². The third-order valence-corrected chi connectivity index (χ3v) is 4.45. The van der Waals surface area contributed by atoms with Gasteiger partial charge in [-0.2, -0.15) is 0 Å². The van der Waals surface area contributed by atoms with Crippen LogP contribution >= 0.6 is 43.5 Å². The lowest BCUT2D eigenvalue weighted by atomic mass is 10.0. The van der Waals surface area contributed by atoms with Gasteiger partial charge in [0.05, 0.1) is 4.83 Å². The fraction of sp³-hybridized carbons (Fsp3) is 0.0769. The normalized spacial score (nSPS) is 12.5. The Kier molecular flexibility index (Phi) is 4.41. The van der Waals surface area contributed by atoms with Crippen molar-refractivity contribution >= 4 is 43.5 Å². The molecule has 94 valence electrons. The molecule has 0 heterocycles. The van der Waals surface area contributed by atoms with Crippen molar-refractivity contribution in [2.75, 3.05) is 0 Å². The molecular formula is C13H7Br2ClF2. The van der Waals surface area contributed by atoms with Crippen LogP contribution in [0.4, 0.5) is 8.78 Å². The van der Waals surface area contributed by atoms with Crippen molar-refractivity contribution in [2.45, 2.75) is 4.83 Å². The average molecular weight is 396 g/mol. The molecule has 0 bridgehead atoms. The summed E-state index contributed by atoms with van der Waals surface area (Å²) < 4.78 is 26.9. The second-order valence-corrected chi connectivity index (χ2v) is 5.91. The monoisotopic (exact) mass is 394 g/mol. The molecule has 0 nitrogen and oxygen atoms in total. The van der Waals surface area contributed by atoms with Gasteiger partial charge in [0, 0.05) is 9.50 Å². The van der Waals surface area contributed by atoms with Crippen molar-refractivity contribution in [1.82, 2.24) is 0 Å². The van der Waals surface area contributed by atoms with Crippen LogP contribution in [0.15, 0.2) is 40.9 Å². The highest BCUT2D eigenvalue weighted by molar-refractivity contribution is 9.11. The van der Waals surface area contributed by atoms with Gasteiger partial charge < -0.3 is 0 Å². The lowest BCUT2D eigenvalue weighted by Gasteiger charge is -2.13. The summed E-state index contributed by atoms with van der Waals surface area (Å²) in [7, 11) is 0. The van der Waals surface area contributed by atoms with E-state index in [1.165, 1.54) is 12.1 Å². The summed E-state index contributed by atoms with van der Waals surface area (Å²) in [6.45, 7) is 0. The molecule has 18 heavy (non-hydrogen) atoms. The summed E-state index contributed by atoms with van der Waals surface area (Å²) >= 11 is 12.8. The molecule has 0 spiro atoms. The molecule has 0 fully saturated rings. The van der Waals surface area contributed by atoms with Gasteiger partial charge in [-0.25, -0.2) is 8.78 Å². The fourth-order valence-electron chi connectivity index (χ4n) is 1.56. The Balaban J connectivity index is 2.44. The van der Waals surface area contributed by atoms with Gasteiger partial charge in [0.1, 0.15) is 0 Å². The van der Waals surface area contributed by atoms with E-state index in [1.54, 1.807) is 12.1 Å². The molecular weight excluding hydrogens is 389 g/mol. The third-order valence-electron chi connectivity index (χ3n) is 2.47. The summed E-state index contributed by atoms with van der Waals surface area (Å²) in [4.78, 5) is -0.263. The molecule has 1 atom stereocenters. The maximum absolute atomic E-state index is 13.2. The fourth-order valence-corrected chi connectivity index (χ4v) is 3.19. The Morgan fingerprint density at radius 2 is 1.72 bits per heavy atom. The minimum Gasteiger partial charge on any atom is -0.204 e. The first-order valence-corrected chi connectivity index (χ1v) is 7.11. The molecule has 0 amide bonds. The van der Waals surface area contributed by atoms with E-state index < -0.39 is 11.6 Å². The quantitative estimate of drug-likeness (QED) is 0.558. The van der Waals surface area contributed by atoms with Crippen molar-refractivity contribution in [1.29, 1.82) is 0 Å². The number of alkyl halides is 1. The number of hydrogen-bond acceptors (Lipinski definition) is 0. The lowest BCUT2D eigenvalue weighted by Crippen LogP contribution is -1.96. The van der Waals surface area contributed by atoms with E-state index in [0.717, 1.165) is 16.1 Å². The predicted octanol–water partition coefficient (Wildman–Crippen LogP) is 5.87. The molecule has 0 aromatic heterocycles. The Morgan fingerprint density at radius 3 is 2.39 bits per heavy atom. The van der Waals surface area contributed by atoms with Gasteiger partial charge in [0.25, 0.3) is 0 Å². The predicted molar refractivity (Wildman–Crippen MR) is 76.3 cm³/mol. The van der Waals surface area contributed by atoms with Gasteiger partial charge in [0.15, 0.2) is 11.6 Å². The second-order valence-electron chi connectivity index (χ2n) is 3.70. The van der Waals surface area contributed by atoms with Crippen LogP contribution in [-0.4, -0.2) is 0 Å². The lowest BCUT2D eigenvalue weighted by molar-refractivity contribution is 0.507. The minimum absolute atomic E-state index is 0.263. The van der Waals surface area contributed by atoms with Gasteiger partial charge in [-0.15, -0.1) is 0 Å². The highest BCUT2D eigenvalue weighted by atomic mass is 79.9. The molecule has 0 aliphatic rings. The minimum atomic E-state index is -0.866. The maximum Gasteiger partial charge on any atom is 0.159 e. The standard InChI is InChI=1S/C13H7Br2ClF2/c14-10-3-2-8(16)6-9(10)13(15)7-1-4-11(17)12(18)5-7/h1-6,13H. The molecule has 0 saturated carbocycles. The summed E-state index contributed by atoms with van der Waals surface area (Å²) in [5, 5.41) is 0.584. The highest BCUT2D eigenvalue weighted by Crippen LogP contribution is 2.37. The van der Waals surface area contributed by atoms with Crippen LogP contribution in [0.25, 0.3) is 0 Å². The first kappa shape index (κ1) is 14.0. The van der Waals surface area contributed by atoms with Gasteiger partial charge in [0.2, 0.25) is 0 Å². The summed E-state index contributed by atoms with van der Waals surface area (Å²) in [5.74, 6) is -1.72. The van der Waals surface area contributed by atoms with Crippen LogP contribution in [0, 0.1) is 11.6 Å². The number of hydrogen-bond donors (Lipinski definition) is 0. The van der Waals surface area contributed by atoms with E-state index in [-0.39, 0.29) is 4.83 Å². The van der Waals surface area contributed by atoms with E-state index in [2.05, 4.69) is 31.9 Å². The number of rotatable bonds is 2. The van der Waals surface area contributed by atoms with Crippen LogP contribution in [0.1, 0.15) is 16.0 Å². The highest BCUT2D eigenvalue weighted by Gasteiger charge is 2.15.